The first-order chi connectivity index (χ1) is 28.3. The van der Waals surface area contributed by atoms with Gasteiger partial charge in [-0.3, -0.25) is 0 Å². The largest absolute Gasteiger partial charge is 0.309 e. The second-order valence-electron chi connectivity index (χ2n) is 15.3. The lowest BCUT2D eigenvalue weighted by Crippen LogP contribution is -1.94. The Kier molecular flexibility index (Phi) is 6.35. The van der Waals surface area contributed by atoms with Crippen LogP contribution in [0.25, 0.3) is 119 Å². The third-order valence-corrected chi connectivity index (χ3v) is 13.4. The molecule has 0 aliphatic carbocycles. The van der Waals surface area contributed by atoms with Crippen LogP contribution in [0, 0.1) is 0 Å². The Morgan fingerprint density at radius 2 is 0.649 bits per heavy atom. The van der Waals surface area contributed by atoms with Crippen LogP contribution in [-0.2, 0) is 0 Å². The van der Waals surface area contributed by atoms with Gasteiger partial charge in [0.05, 0.1) is 22.1 Å². The van der Waals surface area contributed by atoms with Crippen LogP contribution in [0.4, 0.5) is 0 Å². The summed E-state index contributed by atoms with van der Waals surface area (Å²) in [7, 11) is 0. The molecule has 0 atom stereocenters. The summed E-state index contributed by atoms with van der Waals surface area (Å²) in [6.07, 6.45) is 0. The van der Waals surface area contributed by atoms with E-state index in [0.29, 0.717) is 0 Å². The van der Waals surface area contributed by atoms with E-state index < -0.39 is 0 Å². The number of hydrogen-bond acceptors (Lipinski definition) is 1. The number of fused-ring (bicyclic) bond motifs is 15. The molecule has 0 amide bonds. The number of hydrogen-bond donors (Lipinski definition) is 0. The Hall–Kier alpha value is -7.20. The van der Waals surface area contributed by atoms with E-state index in [1.165, 1.54) is 119 Å². The Labute approximate surface area is 331 Å². The van der Waals surface area contributed by atoms with Crippen molar-refractivity contribution in [2.45, 2.75) is 0 Å². The van der Waals surface area contributed by atoms with Crippen LogP contribution in [0.3, 0.4) is 0 Å². The summed E-state index contributed by atoms with van der Waals surface area (Å²) in [6.45, 7) is 0. The average molecular weight is 741 g/mol. The molecule has 57 heavy (non-hydrogen) atoms. The summed E-state index contributed by atoms with van der Waals surface area (Å²) in [6, 6.07) is 72.0. The van der Waals surface area contributed by atoms with Crippen molar-refractivity contribution in [2.75, 3.05) is 0 Å². The van der Waals surface area contributed by atoms with Gasteiger partial charge < -0.3 is 9.13 Å². The van der Waals surface area contributed by atoms with E-state index >= 15 is 0 Å². The van der Waals surface area contributed by atoms with Gasteiger partial charge in [-0.2, -0.15) is 0 Å². The van der Waals surface area contributed by atoms with E-state index in [0.717, 1.165) is 0 Å². The summed E-state index contributed by atoms with van der Waals surface area (Å²) in [4.78, 5) is 0. The first-order valence-electron chi connectivity index (χ1n) is 19.6. The maximum atomic E-state index is 2.45. The molecule has 10 aromatic carbocycles. The predicted octanol–water partition coefficient (Wildman–Crippen LogP) is 15.4. The van der Waals surface area contributed by atoms with Crippen molar-refractivity contribution < 1.29 is 0 Å². The molecule has 13 rings (SSSR count). The molecule has 3 heterocycles. The minimum atomic E-state index is 1.17. The molecule has 264 valence electrons. The van der Waals surface area contributed by atoms with Gasteiger partial charge in [-0.15, -0.1) is 11.3 Å². The standard InChI is InChI=1S/C54H32N2S/c1-2-13-39-37(11-1)38-12-3-4-14-40(38)45-31-35(23-25-41(39)45)55-49-18-8-5-15-42(49)46-29-33(21-26-51(46)55)34-22-27-52-47(30-34)43-16-6-9-19-50(43)56(52)36-24-28-54-48(32-36)44-17-7-10-20-53(44)57-54/h1-32H. The fourth-order valence-electron chi connectivity index (χ4n) is 9.75. The van der Waals surface area contributed by atoms with Gasteiger partial charge >= 0.3 is 0 Å². The zero-order valence-electron chi connectivity index (χ0n) is 30.8. The van der Waals surface area contributed by atoms with Gasteiger partial charge in [-0.25, -0.2) is 0 Å². The normalized spacial score (nSPS) is 12.2. The van der Waals surface area contributed by atoms with Gasteiger partial charge in [-0.05, 0) is 116 Å². The molecule has 0 fully saturated rings. The summed E-state index contributed by atoms with van der Waals surface area (Å²) < 4.78 is 7.54. The molecule has 0 aliphatic rings. The highest BCUT2D eigenvalue weighted by Gasteiger charge is 2.18. The van der Waals surface area contributed by atoms with Gasteiger partial charge in [0.1, 0.15) is 0 Å². The Morgan fingerprint density at radius 1 is 0.246 bits per heavy atom. The Balaban J connectivity index is 0.988. The average Bonchev–Trinajstić information content (AvgIpc) is 3.93. The molecular weight excluding hydrogens is 709 g/mol. The number of benzene rings is 10. The number of nitrogens with zero attached hydrogens (tertiary/aromatic N) is 2. The van der Waals surface area contributed by atoms with Gasteiger partial charge in [0, 0.05) is 53.1 Å². The summed E-state index contributed by atoms with van der Waals surface area (Å²) in [5.74, 6) is 0. The molecule has 0 N–H and O–H groups in total. The van der Waals surface area contributed by atoms with Crippen LogP contribution in [-0.4, -0.2) is 9.13 Å². The Morgan fingerprint density at radius 3 is 1.23 bits per heavy atom. The molecule has 3 heteroatoms. The quantitative estimate of drug-likeness (QED) is 0.160. The first-order valence-corrected chi connectivity index (χ1v) is 20.4. The molecular formula is C54H32N2S. The van der Waals surface area contributed by atoms with Crippen LogP contribution in [0.1, 0.15) is 0 Å². The molecule has 0 bridgehead atoms. The van der Waals surface area contributed by atoms with Crippen LogP contribution in [0.15, 0.2) is 194 Å². The van der Waals surface area contributed by atoms with E-state index in [2.05, 4.69) is 203 Å². The maximum absolute atomic E-state index is 2.45. The minimum Gasteiger partial charge on any atom is -0.309 e. The van der Waals surface area contributed by atoms with Crippen molar-refractivity contribution >= 4 is 107 Å². The van der Waals surface area contributed by atoms with E-state index in [9.17, 15) is 0 Å². The van der Waals surface area contributed by atoms with Crippen LogP contribution < -0.4 is 0 Å². The highest BCUT2D eigenvalue weighted by atomic mass is 32.1. The highest BCUT2D eigenvalue weighted by Crippen LogP contribution is 2.42. The third kappa shape index (κ3) is 4.40. The summed E-state index contributed by atoms with van der Waals surface area (Å²) >= 11 is 1.87. The van der Waals surface area contributed by atoms with E-state index in [4.69, 9.17) is 0 Å². The predicted molar refractivity (Wildman–Crippen MR) is 246 cm³/mol. The number of para-hydroxylation sites is 2. The third-order valence-electron chi connectivity index (χ3n) is 12.3. The maximum Gasteiger partial charge on any atom is 0.0541 e. The lowest BCUT2D eigenvalue weighted by molar-refractivity contribution is 1.19. The molecule has 0 spiro atoms. The number of aromatic nitrogens is 2. The molecule has 0 saturated carbocycles. The summed E-state index contributed by atoms with van der Waals surface area (Å²) in [5, 5.41) is 15.4. The second kappa shape index (κ2) is 11.7. The van der Waals surface area contributed by atoms with Gasteiger partial charge in [0.15, 0.2) is 0 Å². The van der Waals surface area contributed by atoms with E-state index in [1.54, 1.807) is 0 Å². The van der Waals surface area contributed by atoms with Crippen molar-refractivity contribution in [1.82, 2.24) is 9.13 Å². The molecule has 0 saturated heterocycles. The zero-order valence-corrected chi connectivity index (χ0v) is 31.6. The van der Waals surface area contributed by atoms with Crippen molar-refractivity contribution in [1.29, 1.82) is 0 Å². The molecule has 0 unspecified atom stereocenters. The molecule has 13 aromatic rings. The molecule has 0 aliphatic heterocycles. The van der Waals surface area contributed by atoms with Crippen LogP contribution in [0.2, 0.25) is 0 Å². The van der Waals surface area contributed by atoms with Gasteiger partial charge in [0.2, 0.25) is 0 Å². The smallest absolute Gasteiger partial charge is 0.0541 e. The topological polar surface area (TPSA) is 9.86 Å². The van der Waals surface area contributed by atoms with Gasteiger partial charge in [0.25, 0.3) is 0 Å². The highest BCUT2D eigenvalue weighted by molar-refractivity contribution is 7.25. The number of thiophene rings is 1. The van der Waals surface area contributed by atoms with Crippen LogP contribution >= 0.6 is 11.3 Å². The monoisotopic (exact) mass is 740 g/mol. The fraction of sp³-hybridized carbons (Fsp3) is 0. The van der Waals surface area contributed by atoms with Crippen molar-refractivity contribution in [2.24, 2.45) is 0 Å². The van der Waals surface area contributed by atoms with E-state index in [1.807, 2.05) is 11.3 Å². The first kappa shape index (κ1) is 31.1. The SMILES string of the molecule is c1ccc2c(c1)sc1ccc(-n3c4ccccc4c4cc(-c5ccc6c(c5)c5ccccc5n6-c5ccc6c7ccccc7c7ccccc7c6c5)ccc43)cc12. The summed E-state index contributed by atoms with van der Waals surface area (Å²) in [5.41, 5.74) is 9.64. The Bertz CT molecular complexity index is 3780. The van der Waals surface area contributed by atoms with Crippen molar-refractivity contribution in [3.63, 3.8) is 0 Å². The van der Waals surface area contributed by atoms with Crippen molar-refractivity contribution in [3.8, 4) is 22.5 Å². The second-order valence-corrected chi connectivity index (χ2v) is 16.4. The fourth-order valence-corrected chi connectivity index (χ4v) is 10.8. The molecule has 0 radical (unpaired) electrons. The molecule has 3 aromatic heterocycles. The minimum absolute atomic E-state index is 1.17. The van der Waals surface area contributed by atoms with Crippen LogP contribution in [0.5, 0.6) is 0 Å². The lowest BCUT2D eigenvalue weighted by Gasteiger charge is -2.14. The van der Waals surface area contributed by atoms with Gasteiger partial charge in [-0.1, -0.05) is 121 Å². The lowest BCUT2D eigenvalue weighted by atomic mass is 9.94. The van der Waals surface area contributed by atoms with E-state index in [-0.39, 0.29) is 0 Å². The zero-order chi connectivity index (χ0) is 37.2. The van der Waals surface area contributed by atoms with Crippen molar-refractivity contribution in [3.05, 3.63) is 194 Å². The molecule has 2 nitrogen and oxygen atoms in total. The number of rotatable bonds is 3.